The van der Waals surface area contributed by atoms with Crippen LogP contribution < -0.4 is 0 Å². The van der Waals surface area contributed by atoms with E-state index in [9.17, 15) is 9.59 Å². The predicted octanol–water partition coefficient (Wildman–Crippen LogP) is 4.70. The maximum absolute atomic E-state index is 11.4. The molecule has 2 atom stereocenters. The number of hydrogen-bond donors (Lipinski definition) is 0. The van der Waals surface area contributed by atoms with E-state index >= 15 is 0 Å². The van der Waals surface area contributed by atoms with Crippen molar-refractivity contribution in [1.82, 2.24) is 0 Å². The molecule has 0 fully saturated rings. The van der Waals surface area contributed by atoms with Crippen molar-refractivity contribution in [1.29, 1.82) is 0 Å². The van der Waals surface area contributed by atoms with E-state index in [2.05, 4.69) is 13.2 Å². The highest BCUT2D eigenvalue weighted by Crippen LogP contribution is 2.34. The van der Waals surface area contributed by atoms with Gasteiger partial charge in [0.05, 0.1) is 0 Å². The molecule has 106 valence electrons. The van der Waals surface area contributed by atoms with Gasteiger partial charge in [-0.3, -0.25) is 9.59 Å². The average Bonchev–Trinajstić information content (AvgIpc) is 2.46. The third-order valence-electron chi connectivity index (χ3n) is 2.77. The Labute approximate surface area is 128 Å². The fourth-order valence-electron chi connectivity index (χ4n) is 1.65. The van der Waals surface area contributed by atoms with Gasteiger partial charge >= 0.3 is 0 Å². The first-order valence-electron chi connectivity index (χ1n) is 6.24. The van der Waals surface area contributed by atoms with Crippen molar-refractivity contribution < 1.29 is 9.59 Å². The molecule has 20 heavy (non-hydrogen) atoms. The van der Waals surface area contributed by atoms with Crippen LogP contribution in [0.5, 0.6) is 0 Å². The van der Waals surface area contributed by atoms with Gasteiger partial charge in [0.25, 0.3) is 0 Å². The molecule has 0 aliphatic rings. The lowest BCUT2D eigenvalue weighted by atomic mass is 10.1. The summed E-state index contributed by atoms with van der Waals surface area (Å²) < 4.78 is 0. The van der Waals surface area contributed by atoms with Crippen molar-refractivity contribution in [2.75, 3.05) is 0 Å². The van der Waals surface area contributed by atoms with Gasteiger partial charge in [0.2, 0.25) is 10.2 Å². The Balaban J connectivity index is 2.84. The lowest BCUT2D eigenvalue weighted by Crippen LogP contribution is -1.97. The molecule has 2 nitrogen and oxygen atoms in total. The minimum atomic E-state index is -0.0350. The van der Waals surface area contributed by atoms with Crippen molar-refractivity contribution in [2.24, 2.45) is 0 Å². The van der Waals surface area contributed by atoms with Crippen LogP contribution in [0.15, 0.2) is 49.6 Å². The van der Waals surface area contributed by atoms with E-state index in [0.29, 0.717) is 0 Å². The van der Waals surface area contributed by atoms with Crippen molar-refractivity contribution in [2.45, 2.75) is 24.3 Å². The van der Waals surface area contributed by atoms with Gasteiger partial charge in [-0.1, -0.05) is 60.9 Å². The van der Waals surface area contributed by atoms with Crippen LogP contribution in [0.4, 0.5) is 0 Å². The zero-order valence-electron chi connectivity index (χ0n) is 11.7. The molecule has 0 amide bonds. The molecule has 0 heterocycles. The van der Waals surface area contributed by atoms with Crippen LogP contribution in [0.25, 0.3) is 0 Å². The lowest BCUT2D eigenvalue weighted by Gasteiger charge is -2.14. The molecule has 0 saturated heterocycles. The van der Waals surface area contributed by atoms with Gasteiger partial charge < -0.3 is 0 Å². The minimum absolute atomic E-state index is 0.0350. The summed E-state index contributed by atoms with van der Waals surface area (Å²) in [6.45, 7) is 10.9. The fraction of sp³-hybridized carbons (Fsp3) is 0.250. The Morgan fingerprint density at radius 3 is 1.75 bits per heavy atom. The molecule has 0 bridgehead atoms. The van der Waals surface area contributed by atoms with E-state index < -0.39 is 0 Å². The molecule has 0 aliphatic heterocycles. The Bertz CT molecular complexity index is 480. The van der Waals surface area contributed by atoms with E-state index in [4.69, 9.17) is 0 Å². The topological polar surface area (TPSA) is 34.1 Å². The third-order valence-corrected chi connectivity index (χ3v) is 4.82. The first-order valence-corrected chi connectivity index (χ1v) is 7.99. The highest BCUT2D eigenvalue weighted by atomic mass is 32.2. The van der Waals surface area contributed by atoms with Crippen molar-refractivity contribution in [3.63, 3.8) is 0 Å². The lowest BCUT2D eigenvalue weighted by molar-refractivity contribution is -0.107. The summed E-state index contributed by atoms with van der Waals surface area (Å²) in [7, 11) is 0. The molecule has 1 aromatic rings. The fourth-order valence-corrected chi connectivity index (χ4v) is 3.10. The molecule has 0 spiro atoms. The van der Waals surface area contributed by atoms with E-state index in [0.717, 1.165) is 11.1 Å². The Kier molecular flexibility index (Phi) is 6.82. The summed E-state index contributed by atoms with van der Waals surface area (Å²) in [5.74, 6) is 0. The van der Waals surface area contributed by atoms with Crippen molar-refractivity contribution >= 4 is 33.8 Å². The zero-order chi connectivity index (χ0) is 15.1. The Morgan fingerprint density at radius 1 is 1.00 bits per heavy atom. The number of thioether (sulfide) groups is 2. The summed E-state index contributed by atoms with van der Waals surface area (Å²) in [5.41, 5.74) is 2.14. The molecule has 0 aromatic heterocycles. The highest BCUT2D eigenvalue weighted by molar-refractivity contribution is 8.14. The molecule has 0 radical (unpaired) electrons. The molecule has 0 aliphatic carbocycles. The zero-order valence-corrected chi connectivity index (χ0v) is 13.3. The largest absolute Gasteiger partial charge is 0.282 e. The number of hydrogen-bond acceptors (Lipinski definition) is 4. The SMILES string of the molecule is C=CC(=O)SC(C)c1cccc(C(C)SC(=O)C=C)c1. The van der Waals surface area contributed by atoms with E-state index in [1.165, 1.54) is 35.7 Å². The smallest absolute Gasteiger partial charge is 0.212 e. The number of benzene rings is 1. The van der Waals surface area contributed by atoms with Gasteiger partial charge in [-0.05, 0) is 37.1 Å². The summed E-state index contributed by atoms with van der Waals surface area (Å²) in [6.07, 6.45) is 2.65. The maximum Gasteiger partial charge on any atom is 0.212 e. The minimum Gasteiger partial charge on any atom is -0.282 e. The molecular weight excluding hydrogens is 288 g/mol. The normalized spacial score (nSPS) is 13.3. The molecule has 1 rings (SSSR count). The van der Waals surface area contributed by atoms with Gasteiger partial charge in [-0.25, -0.2) is 0 Å². The van der Waals surface area contributed by atoms with Crippen LogP contribution >= 0.6 is 23.5 Å². The molecule has 0 N–H and O–H groups in total. The van der Waals surface area contributed by atoms with Crippen LogP contribution in [-0.4, -0.2) is 10.2 Å². The first kappa shape index (κ1) is 16.8. The van der Waals surface area contributed by atoms with E-state index in [-0.39, 0.29) is 20.7 Å². The monoisotopic (exact) mass is 306 g/mol. The maximum atomic E-state index is 11.4. The molecule has 0 saturated carbocycles. The molecule has 1 aromatic carbocycles. The Morgan fingerprint density at radius 2 is 1.40 bits per heavy atom. The standard InChI is InChI=1S/C16H18O2S2/c1-5-15(17)19-11(3)13-8-7-9-14(10-13)12(4)20-16(18)6-2/h5-12H,1-2H2,3-4H3. The summed E-state index contributed by atoms with van der Waals surface area (Å²) >= 11 is 2.49. The first-order chi connectivity index (χ1) is 9.47. The van der Waals surface area contributed by atoms with Crippen molar-refractivity contribution in [3.8, 4) is 0 Å². The summed E-state index contributed by atoms with van der Waals surface area (Å²) in [6, 6.07) is 7.98. The molecule has 4 heteroatoms. The Hall–Kier alpha value is -1.26. The second kappa shape index (κ2) is 8.12. The summed E-state index contributed by atoms with van der Waals surface area (Å²) in [4.78, 5) is 22.8. The quantitative estimate of drug-likeness (QED) is 0.713. The third kappa shape index (κ3) is 5.02. The van der Waals surface area contributed by atoms with Gasteiger partial charge in [-0.15, -0.1) is 0 Å². The van der Waals surface area contributed by atoms with E-state index in [1.54, 1.807) is 0 Å². The number of rotatable bonds is 6. The average molecular weight is 306 g/mol. The van der Waals surface area contributed by atoms with Crippen LogP contribution in [0.2, 0.25) is 0 Å². The van der Waals surface area contributed by atoms with Crippen LogP contribution in [0.1, 0.15) is 35.5 Å². The van der Waals surface area contributed by atoms with Crippen LogP contribution in [0, 0.1) is 0 Å². The number of carbonyl (C=O) groups excluding carboxylic acids is 2. The van der Waals surface area contributed by atoms with Gasteiger partial charge in [0.15, 0.2) is 0 Å². The molecular formula is C16H18O2S2. The summed E-state index contributed by atoms with van der Waals surface area (Å²) in [5, 5.41) is 0.0554. The second-order valence-electron chi connectivity index (χ2n) is 4.24. The van der Waals surface area contributed by atoms with E-state index in [1.807, 2.05) is 38.1 Å². The van der Waals surface area contributed by atoms with Crippen molar-refractivity contribution in [3.05, 3.63) is 60.7 Å². The number of carbonyl (C=O) groups is 2. The van der Waals surface area contributed by atoms with Crippen LogP contribution in [-0.2, 0) is 9.59 Å². The van der Waals surface area contributed by atoms with Gasteiger partial charge in [-0.2, -0.15) is 0 Å². The van der Waals surface area contributed by atoms with Crippen LogP contribution in [0.3, 0.4) is 0 Å². The predicted molar refractivity (Wildman–Crippen MR) is 88.9 cm³/mol. The van der Waals surface area contributed by atoms with Gasteiger partial charge in [0, 0.05) is 10.5 Å². The molecule has 2 unspecified atom stereocenters. The second-order valence-corrected chi connectivity index (χ2v) is 6.93. The highest BCUT2D eigenvalue weighted by Gasteiger charge is 2.14. The van der Waals surface area contributed by atoms with Gasteiger partial charge in [0.1, 0.15) is 0 Å².